The Hall–Kier alpha value is -3.48. The molecule has 1 heterocycles. The molecule has 2 N–H and O–H groups in total. The van der Waals surface area contributed by atoms with Gasteiger partial charge in [-0.15, -0.1) is 0 Å². The van der Waals surface area contributed by atoms with Crippen LogP contribution in [-0.2, 0) is 10.2 Å². The summed E-state index contributed by atoms with van der Waals surface area (Å²) >= 11 is 0. The molecule has 0 aliphatic heterocycles. The van der Waals surface area contributed by atoms with Crippen LogP contribution in [-0.4, -0.2) is 29.0 Å². The molecule has 7 heteroatoms. The maximum Gasteiger partial charge on any atom is 0.235 e. The summed E-state index contributed by atoms with van der Waals surface area (Å²) in [5.74, 6) is 1.97. The number of hydrogen-bond acceptors (Lipinski definition) is 5. The van der Waals surface area contributed by atoms with Gasteiger partial charge in [-0.3, -0.25) is 4.79 Å². The number of nitrogens with zero attached hydrogens (tertiary/aromatic N) is 3. The largest absolute Gasteiger partial charge is 0.357 e. The molecule has 0 bridgehead atoms. The van der Waals surface area contributed by atoms with E-state index in [0.717, 1.165) is 54.5 Å². The Labute approximate surface area is 187 Å². The molecular weight excluding hydrogens is 405 g/mol. The van der Waals surface area contributed by atoms with Crippen molar-refractivity contribution in [3.8, 4) is 0 Å². The molecule has 1 saturated carbocycles. The van der Waals surface area contributed by atoms with Crippen molar-refractivity contribution in [3.63, 3.8) is 0 Å². The van der Waals surface area contributed by atoms with Gasteiger partial charge in [0, 0.05) is 30.5 Å². The average Bonchev–Trinajstić information content (AvgIpc) is 3.58. The van der Waals surface area contributed by atoms with E-state index >= 15 is 0 Å². The zero-order chi connectivity index (χ0) is 22.7. The molecule has 1 amide bonds. The van der Waals surface area contributed by atoms with Gasteiger partial charge < -0.3 is 15.5 Å². The number of rotatable bonds is 8. The van der Waals surface area contributed by atoms with Gasteiger partial charge in [0.25, 0.3) is 0 Å². The Balaban J connectivity index is 1.44. The van der Waals surface area contributed by atoms with Crippen LogP contribution in [0.5, 0.6) is 0 Å². The third-order valence-corrected chi connectivity index (χ3v) is 5.91. The summed E-state index contributed by atoms with van der Waals surface area (Å²) in [5, 5.41) is 6.32. The van der Waals surface area contributed by atoms with Gasteiger partial charge in [-0.2, -0.15) is 0 Å². The molecule has 1 fully saturated rings. The minimum absolute atomic E-state index is 0.0555. The molecule has 0 saturated heterocycles. The van der Waals surface area contributed by atoms with E-state index in [-0.39, 0.29) is 11.7 Å². The van der Waals surface area contributed by atoms with Crippen molar-refractivity contribution < 1.29 is 9.18 Å². The van der Waals surface area contributed by atoms with E-state index in [2.05, 4.69) is 39.3 Å². The number of amides is 1. The average molecular weight is 434 g/mol. The molecule has 166 valence electrons. The van der Waals surface area contributed by atoms with Crippen molar-refractivity contribution in [1.29, 1.82) is 0 Å². The highest BCUT2D eigenvalue weighted by molar-refractivity contribution is 6.01. The van der Waals surface area contributed by atoms with Crippen LogP contribution in [0.15, 0.2) is 54.6 Å². The van der Waals surface area contributed by atoms with Crippen molar-refractivity contribution in [2.24, 2.45) is 0 Å². The summed E-state index contributed by atoms with van der Waals surface area (Å²) in [6.07, 6.45) is 1.54. The van der Waals surface area contributed by atoms with Gasteiger partial charge in [0.1, 0.15) is 23.3 Å². The van der Waals surface area contributed by atoms with Gasteiger partial charge in [-0.05, 0) is 75.6 Å². The minimum Gasteiger partial charge on any atom is -0.357 e. The topological polar surface area (TPSA) is 70.2 Å². The van der Waals surface area contributed by atoms with E-state index in [1.165, 1.54) is 12.1 Å². The van der Waals surface area contributed by atoms with Crippen molar-refractivity contribution in [3.05, 3.63) is 71.8 Å². The monoisotopic (exact) mass is 433 g/mol. The van der Waals surface area contributed by atoms with Crippen LogP contribution in [0, 0.1) is 12.7 Å². The van der Waals surface area contributed by atoms with Crippen LogP contribution in [0.3, 0.4) is 0 Å². The maximum absolute atomic E-state index is 13.2. The quantitative estimate of drug-likeness (QED) is 0.512. The Bertz CT molecular complexity index is 1090. The summed E-state index contributed by atoms with van der Waals surface area (Å²) < 4.78 is 13.2. The number of aromatic nitrogens is 2. The Morgan fingerprint density at radius 3 is 2.22 bits per heavy atom. The predicted molar refractivity (Wildman–Crippen MR) is 126 cm³/mol. The number of carbonyl (C=O) groups is 1. The first kappa shape index (κ1) is 21.7. The fourth-order valence-electron chi connectivity index (χ4n) is 3.90. The maximum atomic E-state index is 13.2. The second kappa shape index (κ2) is 8.94. The van der Waals surface area contributed by atoms with Gasteiger partial charge in [0.15, 0.2) is 0 Å². The van der Waals surface area contributed by atoms with Crippen LogP contribution in [0.1, 0.15) is 38.1 Å². The molecule has 3 aromatic rings. The van der Waals surface area contributed by atoms with E-state index in [0.29, 0.717) is 5.82 Å². The second-order valence-corrected chi connectivity index (χ2v) is 8.08. The molecule has 0 radical (unpaired) electrons. The lowest BCUT2D eigenvalue weighted by atomic mass is 9.95. The first-order valence-electron chi connectivity index (χ1n) is 11.0. The van der Waals surface area contributed by atoms with E-state index in [1.54, 1.807) is 12.1 Å². The Morgan fingerprint density at radius 2 is 1.62 bits per heavy atom. The normalized spacial score (nSPS) is 14.0. The molecule has 0 spiro atoms. The molecule has 1 aliphatic rings. The first-order valence-corrected chi connectivity index (χ1v) is 11.0. The van der Waals surface area contributed by atoms with E-state index in [1.807, 2.05) is 37.3 Å². The summed E-state index contributed by atoms with van der Waals surface area (Å²) in [7, 11) is 0. The Kier molecular flexibility index (Phi) is 6.08. The molecule has 0 unspecified atom stereocenters. The van der Waals surface area contributed by atoms with Gasteiger partial charge in [0.05, 0.1) is 5.41 Å². The summed E-state index contributed by atoms with van der Waals surface area (Å²) in [6.45, 7) is 7.83. The molecule has 0 atom stereocenters. The van der Waals surface area contributed by atoms with Crippen molar-refractivity contribution >= 4 is 28.9 Å². The van der Waals surface area contributed by atoms with E-state index in [9.17, 15) is 9.18 Å². The zero-order valence-corrected chi connectivity index (χ0v) is 18.7. The molecule has 32 heavy (non-hydrogen) atoms. The van der Waals surface area contributed by atoms with Gasteiger partial charge in [-0.25, -0.2) is 14.4 Å². The predicted octanol–water partition coefficient (Wildman–Crippen LogP) is 5.18. The van der Waals surface area contributed by atoms with Crippen LogP contribution in [0.2, 0.25) is 0 Å². The lowest BCUT2D eigenvalue weighted by molar-refractivity contribution is -0.118. The first-order chi connectivity index (χ1) is 15.4. The molecule has 1 aliphatic carbocycles. The number of carbonyl (C=O) groups excluding carboxylic acids is 1. The van der Waals surface area contributed by atoms with Crippen molar-refractivity contribution in [1.82, 2.24) is 9.97 Å². The lowest BCUT2D eigenvalue weighted by Gasteiger charge is -2.20. The van der Waals surface area contributed by atoms with E-state index in [4.69, 9.17) is 0 Å². The Morgan fingerprint density at radius 1 is 1.00 bits per heavy atom. The van der Waals surface area contributed by atoms with Gasteiger partial charge >= 0.3 is 0 Å². The molecular formula is C25H28FN5O. The smallest absolute Gasteiger partial charge is 0.235 e. The number of benzene rings is 2. The van der Waals surface area contributed by atoms with Crippen LogP contribution in [0.25, 0.3) is 0 Å². The fraction of sp³-hybridized carbons (Fsp3) is 0.320. The van der Waals surface area contributed by atoms with Crippen molar-refractivity contribution in [2.45, 2.75) is 39.0 Å². The number of nitrogens with one attached hydrogen (secondary N) is 2. The zero-order valence-electron chi connectivity index (χ0n) is 18.7. The van der Waals surface area contributed by atoms with Gasteiger partial charge in [0.2, 0.25) is 5.91 Å². The third-order valence-electron chi connectivity index (χ3n) is 5.91. The highest BCUT2D eigenvalue weighted by Gasteiger charge is 2.51. The standard InChI is InChI=1S/C25H28FN5O/c1-4-31(5-2)23-16-22(27-17(3)28-23)29-20-10-12-21(13-11-20)30-24(32)25(14-15-25)18-6-8-19(26)9-7-18/h6-13,16H,4-5,14-15H2,1-3H3,(H,30,32)(H,27,28,29). The van der Waals surface area contributed by atoms with E-state index < -0.39 is 5.41 Å². The number of anilines is 4. The van der Waals surface area contributed by atoms with Crippen molar-refractivity contribution in [2.75, 3.05) is 28.6 Å². The van der Waals surface area contributed by atoms with Gasteiger partial charge in [-0.1, -0.05) is 12.1 Å². The number of hydrogen-bond donors (Lipinski definition) is 2. The summed E-state index contributed by atoms with van der Waals surface area (Å²) in [4.78, 5) is 24.1. The molecule has 4 rings (SSSR count). The van der Waals surface area contributed by atoms with Crippen LogP contribution < -0.4 is 15.5 Å². The molecule has 2 aromatic carbocycles. The SMILES string of the molecule is CCN(CC)c1cc(Nc2ccc(NC(=O)C3(c4ccc(F)cc4)CC3)cc2)nc(C)n1. The highest BCUT2D eigenvalue weighted by Crippen LogP contribution is 2.49. The highest BCUT2D eigenvalue weighted by atomic mass is 19.1. The fourth-order valence-corrected chi connectivity index (χ4v) is 3.90. The summed E-state index contributed by atoms with van der Waals surface area (Å²) in [5.41, 5.74) is 1.89. The minimum atomic E-state index is -0.552. The number of halogens is 1. The van der Waals surface area contributed by atoms with Crippen LogP contribution in [0.4, 0.5) is 27.4 Å². The third kappa shape index (κ3) is 4.56. The molecule has 1 aromatic heterocycles. The molecule has 6 nitrogen and oxygen atoms in total. The summed E-state index contributed by atoms with van der Waals surface area (Å²) in [6, 6.07) is 15.7. The second-order valence-electron chi connectivity index (χ2n) is 8.08. The lowest BCUT2D eigenvalue weighted by Crippen LogP contribution is -2.27. The number of aryl methyl sites for hydroxylation is 1. The van der Waals surface area contributed by atoms with Crippen LogP contribution >= 0.6 is 0 Å².